The summed E-state index contributed by atoms with van der Waals surface area (Å²) in [6, 6.07) is 0. The predicted molar refractivity (Wildman–Crippen MR) is 235 cm³/mol. The van der Waals surface area contributed by atoms with Gasteiger partial charge in [-0.1, -0.05) is 194 Å². The summed E-state index contributed by atoms with van der Waals surface area (Å²) in [5, 5.41) is 63.2. The lowest BCUT2D eigenvalue weighted by Gasteiger charge is -2.43. The highest BCUT2D eigenvalue weighted by Gasteiger charge is 2.59. The molecule has 9 atom stereocenters. The molecule has 0 spiro atoms. The van der Waals surface area contributed by atoms with Crippen molar-refractivity contribution in [3.63, 3.8) is 0 Å². The zero-order valence-electron chi connectivity index (χ0n) is 38.4. The first-order valence-electron chi connectivity index (χ1n) is 24.9. The van der Waals surface area contributed by atoms with Crippen LogP contribution in [0.15, 0.2) is 0 Å². The third kappa shape index (κ3) is 23.4. The van der Waals surface area contributed by atoms with E-state index < -0.39 is 86.6 Å². The SMILES string of the molecule is CCCCCCCCCCCCCCCCCC(=O)OC[C@H]1O[C@@](COC(=O)CCCCCCCCCCCCCCCCC)(O[C@H]2O[C@H](CO)[C@@H](O)[C@H](O)[C@H]2O)[C@@H](O)[C@@H]1O. The van der Waals surface area contributed by atoms with Gasteiger partial charge in [-0.25, -0.2) is 0 Å². The summed E-state index contributed by atoms with van der Waals surface area (Å²) >= 11 is 0. The lowest BCUT2D eigenvalue weighted by atomic mass is 9.99. The van der Waals surface area contributed by atoms with Crippen LogP contribution in [-0.2, 0) is 33.3 Å². The van der Waals surface area contributed by atoms with Gasteiger partial charge in [0.15, 0.2) is 6.29 Å². The number of carbonyl (C=O) groups is 2. The summed E-state index contributed by atoms with van der Waals surface area (Å²) in [4.78, 5) is 25.5. The highest BCUT2D eigenvalue weighted by molar-refractivity contribution is 5.69. The Kier molecular flexibility index (Phi) is 31.9. The Bertz CT molecular complexity index is 1080. The van der Waals surface area contributed by atoms with Crippen molar-refractivity contribution in [1.29, 1.82) is 0 Å². The van der Waals surface area contributed by atoms with Crippen LogP contribution in [0.1, 0.15) is 219 Å². The molecule has 0 aromatic rings. The molecule has 6 N–H and O–H groups in total. The monoisotopic (exact) mass is 875 g/mol. The van der Waals surface area contributed by atoms with Gasteiger partial charge in [0.25, 0.3) is 0 Å². The summed E-state index contributed by atoms with van der Waals surface area (Å²) in [6.45, 7) is 2.61. The normalized spacial score (nSPS) is 26.5. The van der Waals surface area contributed by atoms with Gasteiger partial charge in [-0.05, 0) is 12.8 Å². The number of unbranched alkanes of at least 4 members (excludes halogenated alkanes) is 28. The third-order valence-electron chi connectivity index (χ3n) is 12.5. The van der Waals surface area contributed by atoms with Crippen LogP contribution in [-0.4, -0.2) is 117 Å². The fourth-order valence-corrected chi connectivity index (χ4v) is 8.39. The van der Waals surface area contributed by atoms with E-state index in [4.69, 9.17) is 23.7 Å². The van der Waals surface area contributed by atoms with Gasteiger partial charge in [0.1, 0.15) is 55.9 Å². The number of ether oxygens (including phenoxy) is 5. The Morgan fingerprint density at radius 2 is 0.852 bits per heavy atom. The molecule has 2 aliphatic rings. The Morgan fingerprint density at radius 1 is 0.475 bits per heavy atom. The topological polar surface area (TPSA) is 202 Å². The van der Waals surface area contributed by atoms with Crippen molar-refractivity contribution in [3.8, 4) is 0 Å². The fraction of sp³-hybridized carbons (Fsp3) is 0.958. The fourth-order valence-electron chi connectivity index (χ4n) is 8.39. The van der Waals surface area contributed by atoms with Crippen LogP contribution < -0.4 is 0 Å². The average molecular weight is 875 g/mol. The minimum atomic E-state index is -2.30. The molecule has 2 heterocycles. The van der Waals surface area contributed by atoms with Crippen LogP contribution in [0, 0.1) is 0 Å². The van der Waals surface area contributed by atoms with E-state index in [1.54, 1.807) is 0 Å². The molecule has 360 valence electrons. The number of carbonyl (C=O) groups excluding carboxylic acids is 2. The molecule has 2 aliphatic heterocycles. The molecule has 0 aliphatic carbocycles. The highest BCUT2D eigenvalue weighted by Crippen LogP contribution is 2.37. The van der Waals surface area contributed by atoms with Crippen LogP contribution in [0.3, 0.4) is 0 Å². The molecule has 13 heteroatoms. The molecule has 13 nitrogen and oxygen atoms in total. The van der Waals surface area contributed by atoms with Crippen molar-refractivity contribution in [1.82, 2.24) is 0 Å². The van der Waals surface area contributed by atoms with E-state index in [9.17, 15) is 40.2 Å². The van der Waals surface area contributed by atoms with Gasteiger partial charge in [-0.15, -0.1) is 0 Å². The minimum Gasteiger partial charge on any atom is -0.463 e. The maximum absolute atomic E-state index is 12.9. The van der Waals surface area contributed by atoms with Gasteiger partial charge in [-0.2, -0.15) is 0 Å². The third-order valence-corrected chi connectivity index (χ3v) is 12.5. The van der Waals surface area contributed by atoms with Gasteiger partial charge in [-0.3, -0.25) is 9.59 Å². The predicted octanol–water partition coefficient (Wildman–Crippen LogP) is 8.23. The quantitative estimate of drug-likeness (QED) is 0.0255. The smallest absolute Gasteiger partial charge is 0.305 e. The molecule has 0 radical (unpaired) electrons. The van der Waals surface area contributed by atoms with E-state index in [0.717, 1.165) is 38.5 Å². The van der Waals surface area contributed by atoms with Crippen LogP contribution in [0.4, 0.5) is 0 Å². The first-order chi connectivity index (χ1) is 29.6. The van der Waals surface area contributed by atoms with E-state index in [-0.39, 0.29) is 12.8 Å². The summed E-state index contributed by atoms with van der Waals surface area (Å²) in [6.07, 6.45) is 23.1. The lowest BCUT2D eigenvalue weighted by molar-refractivity contribution is -0.383. The van der Waals surface area contributed by atoms with E-state index >= 15 is 0 Å². The molecule has 2 fully saturated rings. The number of aliphatic hydroxyl groups is 6. The molecular formula is C48H90O13. The minimum absolute atomic E-state index is 0.105. The highest BCUT2D eigenvalue weighted by atomic mass is 16.8. The Hall–Kier alpha value is -1.42. The number of esters is 2. The zero-order valence-corrected chi connectivity index (χ0v) is 38.4. The maximum Gasteiger partial charge on any atom is 0.305 e. The standard InChI is InChI=1S/C48H90O13/c1-3-5-7-9-11-13-15-17-19-21-23-25-27-29-31-33-40(50)57-36-39-43(53)46(56)48(60-39,61-47-45(55)44(54)42(52)38(35-49)59-47)37-58-41(51)34-32-30-28-26-24-22-20-18-16-14-12-10-8-6-4-2/h38-39,42-47,49,52-56H,3-37H2,1-2H3/t38-,39-,42-,43-,44+,45-,46+,47-,48+/m1/s1. The summed E-state index contributed by atoms with van der Waals surface area (Å²) in [5.41, 5.74) is 0. The van der Waals surface area contributed by atoms with Crippen molar-refractivity contribution in [2.45, 2.75) is 274 Å². The Labute approximate surface area is 369 Å². The van der Waals surface area contributed by atoms with Crippen molar-refractivity contribution >= 4 is 11.9 Å². The van der Waals surface area contributed by atoms with E-state index in [1.165, 1.54) is 141 Å². The number of rotatable bonds is 39. The number of aliphatic hydroxyl groups excluding tert-OH is 6. The van der Waals surface area contributed by atoms with Crippen molar-refractivity contribution in [2.75, 3.05) is 19.8 Å². The molecule has 2 saturated heterocycles. The molecule has 0 amide bonds. The van der Waals surface area contributed by atoms with Crippen molar-refractivity contribution in [3.05, 3.63) is 0 Å². The molecule has 0 saturated carbocycles. The van der Waals surface area contributed by atoms with Gasteiger partial charge < -0.3 is 54.3 Å². The van der Waals surface area contributed by atoms with Gasteiger partial charge >= 0.3 is 11.9 Å². The van der Waals surface area contributed by atoms with Crippen LogP contribution in [0.2, 0.25) is 0 Å². The molecule has 2 rings (SSSR count). The largest absolute Gasteiger partial charge is 0.463 e. The molecule has 0 bridgehead atoms. The van der Waals surface area contributed by atoms with Gasteiger partial charge in [0, 0.05) is 12.8 Å². The average Bonchev–Trinajstić information content (AvgIpc) is 3.49. The number of hydrogen-bond acceptors (Lipinski definition) is 13. The van der Waals surface area contributed by atoms with E-state index in [2.05, 4.69) is 13.8 Å². The molecule has 0 aromatic heterocycles. The molecule has 0 unspecified atom stereocenters. The Morgan fingerprint density at radius 3 is 1.25 bits per heavy atom. The summed E-state index contributed by atoms with van der Waals surface area (Å²) < 4.78 is 28.2. The summed E-state index contributed by atoms with van der Waals surface area (Å²) in [7, 11) is 0. The van der Waals surface area contributed by atoms with E-state index in [0.29, 0.717) is 12.8 Å². The first-order valence-corrected chi connectivity index (χ1v) is 24.9. The van der Waals surface area contributed by atoms with Crippen LogP contribution in [0.25, 0.3) is 0 Å². The molecule has 0 aromatic carbocycles. The maximum atomic E-state index is 12.9. The van der Waals surface area contributed by atoms with Crippen LogP contribution >= 0.6 is 0 Å². The second kappa shape index (κ2) is 34.9. The van der Waals surface area contributed by atoms with Crippen LogP contribution in [0.5, 0.6) is 0 Å². The molecule has 61 heavy (non-hydrogen) atoms. The second-order valence-corrected chi connectivity index (χ2v) is 18.0. The lowest BCUT2D eigenvalue weighted by Crippen LogP contribution is -2.62. The number of hydrogen-bond donors (Lipinski definition) is 6. The van der Waals surface area contributed by atoms with E-state index in [1.807, 2.05) is 0 Å². The first kappa shape index (κ1) is 55.7. The zero-order chi connectivity index (χ0) is 44.6. The van der Waals surface area contributed by atoms with Crippen molar-refractivity contribution < 1.29 is 63.9 Å². The van der Waals surface area contributed by atoms with Gasteiger partial charge in [0.05, 0.1) is 6.61 Å². The second-order valence-electron chi connectivity index (χ2n) is 18.0. The summed E-state index contributed by atoms with van der Waals surface area (Å²) in [5.74, 6) is -3.37. The van der Waals surface area contributed by atoms with Crippen molar-refractivity contribution in [2.24, 2.45) is 0 Å². The molecular weight excluding hydrogens is 785 g/mol. The van der Waals surface area contributed by atoms with Gasteiger partial charge in [0.2, 0.25) is 5.79 Å². The Balaban J connectivity index is 1.74.